The normalized spacial score (nSPS) is 10.8. The maximum atomic E-state index is 14.6. The molecule has 0 aliphatic carbocycles. The molecule has 1 heterocycles. The smallest absolute Gasteiger partial charge is 0.226 e. The Kier molecular flexibility index (Phi) is 7.41. The van der Waals surface area contributed by atoms with Crippen LogP contribution in [0, 0.1) is 19.7 Å². The Bertz CT molecular complexity index is 1180. The van der Waals surface area contributed by atoms with Crippen LogP contribution in [0.3, 0.4) is 0 Å². The number of nitrogens with zero attached hydrogens (tertiary/aromatic N) is 2. The fourth-order valence-electron chi connectivity index (χ4n) is 3.61. The topological polar surface area (TPSA) is 50.3 Å². The molecule has 0 fully saturated rings. The van der Waals surface area contributed by atoms with E-state index in [0.29, 0.717) is 41.0 Å². The fraction of sp³-hybridized carbons (Fsp3) is 0.269. The molecule has 4 nitrogen and oxygen atoms in total. The van der Waals surface area contributed by atoms with Gasteiger partial charge in [-0.2, -0.15) is 0 Å². The first kappa shape index (κ1) is 23.6. The molecule has 3 aromatic rings. The number of carbonyl (C=O) groups excluding carboxylic acids is 2. The van der Waals surface area contributed by atoms with Crippen molar-refractivity contribution in [1.29, 1.82) is 0 Å². The van der Waals surface area contributed by atoms with Crippen molar-refractivity contribution in [3.63, 3.8) is 0 Å². The molecule has 1 aromatic heterocycles. The van der Waals surface area contributed by atoms with Crippen LogP contribution in [-0.4, -0.2) is 23.7 Å². The molecule has 6 heteroatoms. The maximum absolute atomic E-state index is 14.6. The van der Waals surface area contributed by atoms with Gasteiger partial charge in [0.15, 0.2) is 5.78 Å². The molecule has 166 valence electrons. The number of benzene rings is 2. The van der Waals surface area contributed by atoms with Crippen LogP contribution in [-0.2, 0) is 11.2 Å². The first-order valence-electron chi connectivity index (χ1n) is 10.5. The summed E-state index contributed by atoms with van der Waals surface area (Å²) in [6, 6.07) is 13.7. The Morgan fingerprint density at radius 1 is 1.03 bits per heavy atom. The minimum atomic E-state index is -0.495. The second-order valence-electron chi connectivity index (χ2n) is 7.79. The number of aryl methyl sites for hydroxylation is 3. The third-order valence-corrected chi connectivity index (χ3v) is 5.86. The Balaban J connectivity index is 1.76. The summed E-state index contributed by atoms with van der Waals surface area (Å²) in [4.78, 5) is 30.3. The Morgan fingerprint density at radius 3 is 2.34 bits per heavy atom. The average molecular weight is 453 g/mol. The first-order chi connectivity index (χ1) is 15.2. The second-order valence-corrected chi connectivity index (χ2v) is 8.19. The summed E-state index contributed by atoms with van der Waals surface area (Å²) in [5.74, 6) is -0.716. The van der Waals surface area contributed by atoms with E-state index in [1.807, 2.05) is 26.0 Å². The SMILES string of the molecule is CCC(=O)N(C)c1ccc(-c2ccc(C(=O)CCc3ccc(C)nc3C)c(Cl)c2)cc1F. The molecule has 0 aliphatic heterocycles. The summed E-state index contributed by atoms with van der Waals surface area (Å²) in [6.07, 6.45) is 1.21. The Morgan fingerprint density at radius 2 is 1.72 bits per heavy atom. The van der Waals surface area contributed by atoms with E-state index in [2.05, 4.69) is 4.98 Å². The van der Waals surface area contributed by atoms with E-state index in [1.54, 1.807) is 44.3 Å². The van der Waals surface area contributed by atoms with E-state index in [4.69, 9.17) is 11.6 Å². The lowest BCUT2D eigenvalue weighted by Crippen LogP contribution is -2.25. The predicted octanol–water partition coefficient (Wildman–Crippen LogP) is 6.35. The van der Waals surface area contributed by atoms with Crippen molar-refractivity contribution in [2.45, 2.75) is 40.0 Å². The van der Waals surface area contributed by atoms with Crippen LogP contribution in [0.2, 0.25) is 5.02 Å². The molecule has 0 unspecified atom stereocenters. The van der Waals surface area contributed by atoms with Crippen molar-refractivity contribution in [2.75, 3.05) is 11.9 Å². The summed E-state index contributed by atoms with van der Waals surface area (Å²) in [5, 5.41) is 0.328. The van der Waals surface area contributed by atoms with Crippen LogP contribution in [0.5, 0.6) is 0 Å². The zero-order valence-corrected chi connectivity index (χ0v) is 19.5. The number of ketones is 1. The molecule has 3 rings (SSSR count). The Labute approximate surface area is 193 Å². The number of aromatic nitrogens is 1. The number of rotatable bonds is 7. The third-order valence-electron chi connectivity index (χ3n) is 5.54. The molecule has 0 spiro atoms. The lowest BCUT2D eigenvalue weighted by molar-refractivity contribution is -0.118. The zero-order chi connectivity index (χ0) is 23.4. The predicted molar refractivity (Wildman–Crippen MR) is 127 cm³/mol. The van der Waals surface area contributed by atoms with E-state index in [-0.39, 0.29) is 17.4 Å². The van der Waals surface area contributed by atoms with Crippen molar-refractivity contribution in [3.8, 4) is 11.1 Å². The van der Waals surface area contributed by atoms with Gasteiger partial charge in [-0.25, -0.2) is 4.39 Å². The second kappa shape index (κ2) is 10.0. The van der Waals surface area contributed by atoms with E-state index in [9.17, 15) is 14.0 Å². The number of anilines is 1. The van der Waals surface area contributed by atoms with Crippen LogP contribution in [0.4, 0.5) is 10.1 Å². The summed E-state index contributed by atoms with van der Waals surface area (Å²) in [5.41, 5.74) is 4.89. The highest BCUT2D eigenvalue weighted by molar-refractivity contribution is 6.34. The van der Waals surface area contributed by atoms with Gasteiger partial charge < -0.3 is 4.90 Å². The van der Waals surface area contributed by atoms with Crippen molar-refractivity contribution < 1.29 is 14.0 Å². The number of carbonyl (C=O) groups is 2. The number of Topliss-reactive ketones (excluding diaryl/α,β-unsaturated/α-hetero) is 1. The molecule has 0 atom stereocenters. The minimum Gasteiger partial charge on any atom is -0.313 e. The summed E-state index contributed by atoms with van der Waals surface area (Å²) < 4.78 is 14.6. The highest BCUT2D eigenvalue weighted by atomic mass is 35.5. The number of hydrogen-bond acceptors (Lipinski definition) is 3. The highest BCUT2D eigenvalue weighted by Gasteiger charge is 2.16. The van der Waals surface area contributed by atoms with Gasteiger partial charge >= 0.3 is 0 Å². The molecule has 0 aliphatic rings. The van der Waals surface area contributed by atoms with Gasteiger partial charge in [-0.3, -0.25) is 14.6 Å². The van der Waals surface area contributed by atoms with Crippen molar-refractivity contribution in [1.82, 2.24) is 4.98 Å². The molecule has 0 bridgehead atoms. The van der Waals surface area contributed by atoms with Gasteiger partial charge in [0, 0.05) is 36.8 Å². The summed E-state index contributed by atoms with van der Waals surface area (Å²) >= 11 is 6.41. The lowest BCUT2D eigenvalue weighted by Gasteiger charge is -2.18. The summed E-state index contributed by atoms with van der Waals surface area (Å²) in [6.45, 7) is 5.61. The molecular weight excluding hydrogens is 427 g/mol. The van der Waals surface area contributed by atoms with Crippen molar-refractivity contribution >= 4 is 29.0 Å². The molecule has 0 N–H and O–H groups in total. The minimum absolute atomic E-state index is 0.0530. The van der Waals surface area contributed by atoms with Gasteiger partial charge in [-0.1, -0.05) is 36.7 Å². The van der Waals surface area contributed by atoms with Crippen molar-refractivity contribution in [2.24, 2.45) is 0 Å². The van der Waals surface area contributed by atoms with Gasteiger partial charge in [0.25, 0.3) is 0 Å². The highest BCUT2D eigenvalue weighted by Crippen LogP contribution is 2.30. The molecule has 0 saturated heterocycles. The maximum Gasteiger partial charge on any atom is 0.226 e. The van der Waals surface area contributed by atoms with Crippen LogP contribution >= 0.6 is 11.6 Å². The summed E-state index contributed by atoms with van der Waals surface area (Å²) in [7, 11) is 1.55. The Hall–Kier alpha value is -3.05. The van der Waals surface area contributed by atoms with E-state index in [1.165, 1.54) is 11.0 Å². The monoisotopic (exact) mass is 452 g/mol. The third kappa shape index (κ3) is 5.22. The average Bonchev–Trinajstić information content (AvgIpc) is 2.77. The number of pyridine rings is 1. The van der Waals surface area contributed by atoms with Gasteiger partial charge in [0.05, 0.1) is 10.7 Å². The molecule has 32 heavy (non-hydrogen) atoms. The first-order valence-corrected chi connectivity index (χ1v) is 10.9. The molecule has 0 saturated carbocycles. The number of hydrogen-bond donors (Lipinski definition) is 0. The number of amides is 1. The molecule has 1 amide bonds. The zero-order valence-electron chi connectivity index (χ0n) is 18.7. The van der Waals surface area contributed by atoms with Crippen molar-refractivity contribution in [3.05, 3.63) is 81.9 Å². The molecule has 2 aromatic carbocycles. The lowest BCUT2D eigenvalue weighted by atomic mass is 9.98. The van der Waals surface area contributed by atoms with E-state index in [0.717, 1.165) is 17.0 Å². The largest absolute Gasteiger partial charge is 0.313 e. The molecular formula is C26H26ClFN2O2. The van der Waals surface area contributed by atoms with Crippen LogP contribution in [0.15, 0.2) is 48.5 Å². The van der Waals surface area contributed by atoms with Gasteiger partial charge in [0.1, 0.15) is 5.82 Å². The quantitative estimate of drug-likeness (QED) is 0.392. The standard InChI is InChI=1S/C26H26ClFN2O2/c1-5-26(32)30(4)24-12-9-20(15-23(24)28)19-8-11-21(22(27)14-19)25(31)13-10-18-7-6-16(2)29-17(18)3/h6-9,11-12,14-15H,5,10,13H2,1-4H3. The van der Waals surface area contributed by atoms with Gasteiger partial charge in [-0.05, 0) is 67.3 Å². The van der Waals surface area contributed by atoms with Gasteiger partial charge in [0.2, 0.25) is 5.91 Å². The van der Waals surface area contributed by atoms with E-state index < -0.39 is 5.82 Å². The van der Waals surface area contributed by atoms with Crippen LogP contribution < -0.4 is 4.90 Å². The van der Waals surface area contributed by atoms with Crippen LogP contribution in [0.25, 0.3) is 11.1 Å². The molecule has 0 radical (unpaired) electrons. The van der Waals surface area contributed by atoms with E-state index >= 15 is 0 Å². The van der Waals surface area contributed by atoms with Crippen LogP contribution in [0.1, 0.15) is 47.1 Å². The van der Waals surface area contributed by atoms with Gasteiger partial charge in [-0.15, -0.1) is 0 Å². The number of halogens is 2. The fourth-order valence-corrected chi connectivity index (χ4v) is 3.90.